The SMILES string of the molecule is O=C(N1CCC(Cn2cnccc2=O)CC1)C1(c2ccccc2)CC1. The van der Waals surface area contributed by atoms with E-state index in [1.54, 1.807) is 10.9 Å². The van der Waals surface area contributed by atoms with E-state index in [2.05, 4.69) is 17.1 Å². The molecule has 1 aromatic carbocycles. The Morgan fingerprint density at radius 3 is 2.48 bits per heavy atom. The Kier molecular flexibility index (Phi) is 4.15. The highest BCUT2D eigenvalue weighted by Gasteiger charge is 2.53. The topological polar surface area (TPSA) is 55.2 Å². The van der Waals surface area contributed by atoms with Crippen LogP contribution in [0.1, 0.15) is 31.2 Å². The summed E-state index contributed by atoms with van der Waals surface area (Å²) in [5.41, 5.74) is 0.882. The molecule has 2 fully saturated rings. The van der Waals surface area contributed by atoms with Gasteiger partial charge in [0.15, 0.2) is 0 Å². The molecule has 130 valence electrons. The Labute approximate surface area is 147 Å². The number of nitrogens with zero attached hydrogens (tertiary/aromatic N) is 3. The molecule has 0 spiro atoms. The molecule has 0 bridgehead atoms. The van der Waals surface area contributed by atoms with Crippen molar-refractivity contribution in [1.82, 2.24) is 14.5 Å². The van der Waals surface area contributed by atoms with E-state index in [0.717, 1.165) is 44.3 Å². The van der Waals surface area contributed by atoms with E-state index >= 15 is 0 Å². The van der Waals surface area contributed by atoms with Crippen LogP contribution in [0, 0.1) is 5.92 Å². The number of carbonyl (C=O) groups is 1. The molecule has 1 amide bonds. The van der Waals surface area contributed by atoms with Crippen molar-refractivity contribution in [2.45, 2.75) is 37.6 Å². The van der Waals surface area contributed by atoms with Crippen LogP contribution >= 0.6 is 0 Å². The molecule has 1 aliphatic carbocycles. The summed E-state index contributed by atoms with van der Waals surface area (Å²) in [7, 11) is 0. The van der Waals surface area contributed by atoms with Crippen molar-refractivity contribution in [2.24, 2.45) is 5.92 Å². The molecule has 4 rings (SSSR count). The van der Waals surface area contributed by atoms with Crippen LogP contribution in [0.5, 0.6) is 0 Å². The van der Waals surface area contributed by atoms with Crippen LogP contribution < -0.4 is 5.56 Å². The number of likely N-dealkylation sites (tertiary alicyclic amines) is 1. The summed E-state index contributed by atoms with van der Waals surface area (Å²) in [5.74, 6) is 0.716. The number of benzene rings is 1. The van der Waals surface area contributed by atoms with E-state index in [-0.39, 0.29) is 16.9 Å². The van der Waals surface area contributed by atoms with Gasteiger partial charge in [0.25, 0.3) is 5.56 Å². The number of amides is 1. The lowest BCUT2D eigenvalue weighted by Gasteiger charge is -2.34. The standard InChI is InChI=1S/C20H23N3O2/c24-18-6-11-21-15-23(18)14-16-7-12-22(13-8-16)19(25)20(9-10-20)17-4-2-1-3-5-17/h1-6,11,15-16H,7-10,12-14H2. The van der Waals surface area contributed by atoms with Crippen LogP contribution in [-0.2, 0) is 16.8 Å². The lowest BCUT2D eigenvalue weighted by molar-refractivity contribution is -0.135. The predicted molar refractivity (Wildman–Crippen MR) is 95.2 cm³/mol. The molecule has 25 heavy (non-hydrogen) atoms. The molecule has 5 nitrogen and oxygen atoms in total. The zero-order valence-corrected chi connectivity index (χ0v) is 14.3. The molecule has 2 aromatic rings. The Morgan fingerprint density at radius 1 is 1.12 bits per heavy atom. The third kappa shape index (κ3) is 3.11. The molecule has 1 aromatic heterocycles. The number of carbonyl (C=O) groups excluding carboxylic acids is 1. The molecule has 5 heteroatoms. The van der Waals surface area contributed by atoms with Gasteiger partial charge >= 0.3 is 0 Å². The van der Waals surface area contributed by atoms with Crippen molar-refractivity contribution in [1.29, 1.82) is 0 Å². The summed E-state index contributed by atoms with van der Waals surface area (Å²) >= 11 is 0. The maximum Gasteiger partial charge on any atom is 0.253 e. The Morgan fingerprint density at radius 2 is 1.84 bits per heavy atom. The van der Waals surface area contributed by atoms with Gasteiger partial charge in [0.05, 0.1) is 11.7 Å². The molecule has 2 heterocycles. The maximum atomic E-state index is 13.1. The largest absolute Gasteiger partial charge is 0.342 e. The van der Waals surface area contributed by atoms with E-state index in [1.165, 1.54) is 12.3 Å². The first kappa shape index (κ1) is 16.1. The lowest BCUT2D eigenvalue weighted by Crippen LogP contribution is -2.44. The van der Waals surface area contributed by atoms with Crippen LogP contribution in [0.4, 0.5) is 0 Å². The molecule has 1 saturated heterocycles. The first-order chi connectivity index (χ1) is 12.2. The third-order valence-corrected chi connectivity index (χ3v) is 5.63. The van der Waals surface area contributed by atoms with Gasteiger partial charge in [-0.2, -0.15) is 0 Å². The van der Waals surface area contributed by atoms with Gasteiger partial charge in [0.1, 0.15) is 0 Å². The second-order valence-corrected chi connectivity index (χ2v) is 7.25. The average Bonchev–Trinajstić information content (AvgIpc) is 3.46. The molecule has 0 radical (unpaired) electrons. The van der Waals surface area contributed by atoms with Gasteiger partial charge in [0, 0.05) is 31.9 Å². The Balaban J connectivity index is 1.38. The number of aromatic nitrogens is 2. The first-order valence-corrected chi connectivity index (χ1v) is 9.04. The molecule has 0 unspecified atom stereocenters. The lowest BCUT2D eigenvalue weighted by atomic mass is 9.91. The normalized spacial score (nSPS) is 19.6. The van der Waals surface area contributed by atoms with Gasteiger partial charge < -0.3 is 4.90 Å². The summed E-state index contributed by atoms with van der Waals surface area (Å²) in [4.78, 5) is 30.9. The van der Waals surface area contributed by atoms with Gasteiger partial charge in [-0.3, -0.25) is 14.2 Å². The molecular weight excluding hydrogens is 314 g/mol. The molecular formula is C20H23N3O2. The highest BCUT2D eigenvalue weighted by molar-refractivity contribution is 5.91. The first-order valence-electron chi connectivity index (χ1n) is 9.04. The van der Waals surface area contributed by atoms with Gasteiger partial charge in [-0.1, -0.05) is 30.3 Å². The summed E-state index contributed by atoms with van der Waals surface area (Å²) in [6, 6.07) is 11.7. The Hall–Kier alpha value is -2.43. The highest BCUT2D eigenvalue weighted by Crippen LogP contribution is 2.49. The minimum Gasteiger partial charge on any atom is -0.342 e. The fourth-order valence-corrected chi connectivity index (χ4v) is 3.92. The fraction of sp³-hybridized carbons (Fsp3) is 0.450. The molecule has 0 N–H and O–H groups in total. The summed E-state index contributed by atoms with van der Waals surface area (Å²) in [5, 5.41) is 0. The monoisotopic (exact) mass is 337 g/mol. The number of hydrogen-bond acceptors (Lipinski definition) is 3. The summed E-state index contributed by atoms with van der Waals surface area (Å²) in [6.07, 6.45) is 6.94. The van der Waals surface area contributed by atoms with Crippen molar-refractivity contribution in [2.75, 3.05) is 13.1 Å². The third-order valence-electron chi connectivity index (χ3n) is 5.63. The second-order valence-electron chi connectivity index (χ2n) is 7.25. The zero-order chi connectivity index (χ0) is 17.3. The fourth-order valence-electron chi connectivity index (χ4n) is 3.92. The van der Waals surface area contributed by atoms with Crippen LogP contribution in [0.15, 0.2) is 53.7 Å². The quantitative estimate of drug-likeness (QED) is 0.859. The zero-order valence-electron chi connectivity index (χ0n) is 14.3. The van der Waals surface area contributed by atoms with Crippen LogP contribution in [0.3, 0.4) is 0 Å². The van der Waals surface area contributed by atoms with E-state index in [4.69, 9.17) is 0 Å². The van der Waals surface area contributed by atoms with Crippen molar-refractivity contribution >= 4 is 5.91 Å². The van der Waals surface area contributed by atoms with E-state index in [1.807, 2.05) is 23.1 Å². The molecule has 0 atom stereocenters. The maximum absolute atomic E-state index is 13.1. The number of piperidine rings is 1. The molecule has 2 aliphatic rings. The van der Waals surface area contributed by atoms with Gasteiger partial charge in [-0.25, -0.2) is 4.98 Å². The second kappa shape index (κ2) is 6.47. The van der Waals surface area contributed by atoms with Gasteiger partial charge in [-0.15, -0.1) is 0 Å². The van der Waals surface area contributed by atoms with E-state index < -0.39 is 0 Å². The molecule has 1 aliphatic heterocycles. The van der Waals surface area contributed by atoms with Crippen LogP contribution in [0.2, 0.25) is 0 Å². The van der Waals surface area contributed by atoms with E-state index in [0.29, 0.717) is 12.5 Å². The van der Waals surface area contributed by atoms with Crippen molar-refractivity contribution < 1.29 is 4.79 Å². The number of rotatable bonds is 4. The van der Waals surface area contributed by atoms with E-state index in [9.17, 15) is 9.59 Å². The van der Waals surface area contributed by atoms with Crippen molar-refractivity contribution in [3.8, 4) is 0 Å². The predicted octanol–water partition coefficient (Wildman–Crippen LogP) is 2.21. The average molecular weight is 337 g/mol. The summed E-state index contributed by atoms with van der Waals surface area (Å²) in [6.45, 7) is 2.26. The Bertz CT molecular complexity index is 803. The molecule has 1 saturated carbocycles. The van der Waals surface area contributed by atoms with Crippen molar-refractivity contribution in [3.05, 3.63) is 64.8 Å². The van der Waals surface area contributed by atoms with Crippen LogP contribution in [-0.4, -0.2) is 33.4 Å². The number of hydrogen-bond donors (Lipinski definition) is 0. The van der Waals surface area contributed by atoms with Gasteiger partial charge in [-0.05, 0) is 37.2 Å². The highest BCUT2D eigenvalue weighted by atomic mass is 16.2. The summed E-state index contributed by atoms with van der Waals surface area (Å²) < 4.78 is 1.68. The minimum absolute atomic E-state index is 0.00508. The van der Waals surface area contributed by atoms with Crippen LogP contribution in [0.25, 0.3) is 0 Å². The smallest absolute Gasteiger partial charge is 0.253 e. The minimum atomic E-state index is -0.269. The van der Waals surface area contributed by atoms with Crippen molar-refractivity contribution in [3.63, 3.8) is 0 Å². The van der Waals surface area contributed by atoms with Gasteiger partial charge in [0.2, 0.25) is 5.91 Å².